The van der Waals surface area contributed by atoms with Gasteiger partial charge in [0, 0.05) is 24.3 Å². The van der Waals surface area contributed by atoms with Crippen LogP contribution in [-0.4, -0.2) is 16.3 Å². The largest absolute Gasteiger partial charge is 0.310 e. The molecule has 0 saturated heterocycles. The summed E-state index contributed by atoms with van der Waals surface area (Å²) in [6.45, 7) is 5.52. The lowest BCUT2D eigenvalue weighted by Crippen LogP contribution is -2.23. The molecule has 1 unspecified atom stereocenters. The molecule has 0 aliphatic carbocycles. The summed E-state index contributed by atoms with van der Waals surface area (Å²) < 4.78 is 28.9. The average Bonchev–Trinajstić information content (AvgIpc) is 2.92. The molecule has 0 saturated carbocycles. The van der Waals surface area contributed by atoms with Gasteiger partial charge in [-0.3, -0.25) is 4.68 Å². The van der Waals surface area contributed by atoms with Crippen LogP contribution in [0.2, 0.25) is 0 Å². The second kappa shape index (κ2) is 6.61. The van der Waals surface area contributed by atoms with Gasteiger partial charge in [0.2, 0.25) is 0 Å². The maximum atomic E-state index is 13.8. The zero-order chi connectivity index (χ0) is 14.5. The van der Waals surface area contributed by atoms with Crippen LogP contribution in [0, 0.1) is 11.6 Å². The summed E-state index contributed by atoms with van der Waals surface area (Å²) in [6.07, 6.45) is 4.10. The highest BCUT2D eigenvalue weighted by atomic mass is 19.2. The fourth-order valence-electron chi connectivity index (χ4n) is 2.21. The molecule has 1 heterocycles. The van der Waals surface area contributed by atoms with Crippen molar-refractivity contribution in [3.63, 3.8) is 0 Å². The maximum Gasteiger partial charge on any atom is 0.162 e. The lowest BCUT2D eigenvalue weighted by Gasteiger charge is -2.17. The molecule has 0 aliphatic heterocycles. The first kappa shape index (κ1) is 14.7. The first-order chi connectivity index (χ1) is 9.65. The first-order valence-electron chi connectivity index (χ1n) is 6.84. The Kier molecular flexibility index (Phi) is 4.84. The Morgan fingerprint density at radius 1 is 1.30 bits per heavy atom. The van der Waals surface area contributed by atoms with E-state index in [0.717, 1.165) is 24.7 Å². The van der Waals surface area contributed by atoms with Gasteiger partial charge in [-0.15, -0.1) is 0 Å². The summed E-state index contributed by atoms with van der Waals surface area (Å²) in [6, 6.07) is 4.21. The standard InChI is InChI=1S/C15H19F2N3/c1-3-18-14(12-9-19-20(4-2)10-12)8-11-6-5-7-13(16)15(11)17/h5-7,9-10,14,18H,3-4,8H2,1-2H3. The summed E-state index contributed by atoms with van der Waals surface area (Å²) in [4.78, 5) is 0. The van der Waals surface area contributed by atoms with E-state index in [9.17, 15) is 8.78 Å². The molecule has 5 heteroatoms. The molecule has 0 spiro atoms. The minimum absolute atomic E-state index is 0.0726. The SMILES string of the molecule is CCNC(Cc1cccc(F)c1F)c1cnn(CC)c1. The molecular formula is C15H19F2N3. The molecule has 108 valence electrons. The molecule has 1 aromatic heterocycles. The van der Waals surface area contributed by atoms with Crippen molar-refractivity contribution in [1.82, 2.24) is 15.1 Å². The first-order valence-corrected chi connectivity index (χ1v) is 6.84. The second-order valence-corrected chi connectivity index (χ2v) is 4.66. The number of likely N-dealkylation sites (N-methyl/N-ethyl adjacent to an activating group) is 1. The van der Waals surface area contributed by atoms with Crippen molar-refractivity contribution in [1.29, 1.82) is 0 Å². The summed E-state index contributed by atoms with van der Waals surface area (Å²) in [5.74, 6) is -1.57. The third-order valence-corrected chi connectivity index (χ3v) is 3.29. The van der Waals surface area contributed by atoms with E-state index in [0.29, 0.717) is 12.0 Å². The van der Waals surface area contributed by atoms with E-state index in [1.165, 1.54) is 6.07 Å². The Hall–Kier alpha value is -1.75. The van der Waals surface area contributed by atoms with Crippen molar-refractivity contribution in [2.45, 2.75) is 32.9 Å². The number of hydrogen-bond acceptors (Lipinski definition) is 2. The van der Waals surface area contributed by atoms with Gasteiger partial charge < -0.3 is 5.32 Å². The van der Waals surface area contributed by atoms with Gasteiger partial charge in [-0.2, -0.15) is 5.10 Å². The number of nitrogens with zero attached hydrogens (tertiary/aromatic N) is 2. The summed E-state index contributed by atoms with van der Waals surface area (Å²) in [7, 11) is 0. The van der Waals surface area contributed by atoms with Gasteiger partial charge in [0.25, 0.3) is 0 Å². The molecule has 1 N–H and O–H groups in total. The number of nitrogens with one attached hydrogen (secondary N) is 1. The minimum Gasteiger partial charge on any atom is -0.310 e. The van der Waals surface area contributed by atoms with Crippen LogP contribution in [0.25, 0.3) is 0 Å². The molecule has 0 fully saturated rings. The number of aromatic nitrogens is 2. The Morgan fingerprint density at radius 2 is 2.10 bits per heavy atom. The normalized spacial score (nSPS) is 12.6. The Balaban J connectivity index is 2.23. The van der Waals surface area contributed by atoms with Gasteiger partial charge in [-0.05, 0) is 31.5 Å². The topological polar surface area (TPSA) is 29.9 Å². The van der Waals surface area contributed by atoms with Crippen LogP contribution in [-0.2, 0) is 13.0 Å². The number of benzene rings is 1. The van der Waals surface area contributed by atoms with E-state index in [2.05, 4.69) is 10.4 Å². The fraction of sp³-hybridized carbons (Fsp3) is 0.400. The lowest BCUT2D eigenvalue weighted by atomic mass is 10.0. The van der Waals surface area contributed by atoms with Crippen molar-refractivity contribution in [3.05, 3.63) is 53.4 Å². The summed E-state index contributed by atoms with van der Waals surface area (Å²) in [5.41, 5.74) is 1.36. The van der Waals surface area contributed by atoms with Crippen LogP contribution >= 0.6 is 0 Å². The zero-order valence-electron chi connectivity index (χ0n) is 11.7. The molecule has 0 bridgehead atoms. The average molecular weight is 279 g/mol. The van der Waals surface area contributed by atoms with Crippen LogP contribution in [0.1, 0.15) is 31.0 Å². The smallest absolute Gasteiger partial charge is 0.162 e. The number of halogens is 2. The van der Waals surface area contributed by atoms with E-state index in [1.807, 2.05) is 24.7 Å². The Bertz CT molecular complexity index is 566. The predicted octanol–water partition coefficient (Wildman–Crippen LogP) is 3.07. The van der Waals surface area contributed by atoms with Crippen LogP contribution in [0.5, 0.6) is 0 Å². The fourth-order valence-corrected chi connectivity index (χ4v) is 2.21. The molecule has 1 atom stereocenters. The quantitative estimate of drug-likeness (QED) is 0.880. The predicted molar refractivity (Wildman–Crippen MR) is 74.4 cm³/mol. The highest BCUT2D eigenvalue weighted by molar-refractivity contribution is 5.23. The molecule has 2 rings (SSSR count). The molecule has 3 nitrogen and oxygen atoms in total. The van der Waals surface area contributed by atoms with Crippen LogP contribution in [0.15, 0.2) is 30.6 Å². The highest BCUT2D eigenvalue weighted by Crippen LogP contribution is 2.21. The Morgan fingerprint density at radius 3 is 2.75 bits per heavy atom. The van der Waals surface area contributed by atoms with Crippen LogP contribution in [0.4, 0.5) is 8.78 Å². The summed E-state index contributed by atoms with van der Waals surface area (Å²) >= 11 is 0. The highest BCUT2D eigenvalue weighted by Gasteiger charge is 2.17. The summed E-state index contributed by atoms with van der Waals surface area (Å²) in [5, 5.41) is 7.52. The van der Waals surface area contributed by atoms with Crippen molar-refractivity contribution >= 4 is 0 Å². The molecule has 2 aromatic rings. The zero-order valence-corrected chi connectivity index (χ0v) is 11.7. The molecular weight excluding hydrogens is 260 g/mol. The molecule has 1 aromatic carbocycles. The van der Waals surface area contributed by atoms with Crippen molar-refractivity contribution in [2.75, 3.05) is 6.54 Å². The van der Waals surface area contributed by atoms with Gasteiger partial charge >= 0.3 is 0 Å². The van der Waals surface area contributed by atoms with Crippen LogP contribution in [0.3, 0.4) is 0 Å². The van der Waals surface area contributed by atoms with Gasteiger partial charge in [0.1, 0.15) is 0 Å². The van der Waals surface area contributed by atoms with E-state index in [-0.39, 0.29) is 6.04 Å². The van der Waals surface area contributed by atoms with Gasteiger partial charge in [-0.25, -0.2) is 8.78 Å². The van der Waals surface area contributed by atoms with E-state index in [1.54, 1.807) is 12.3 Å². The second-order valence-electron chi connectivity index (χ2n) is 4.66. The monoisotopic (exact) mass is 279 g/mol. The molecule has 0 aliphatic rings. The van der Waals surface area contributed by atoms with E-state index in [4.69, 9.17) is 0 Å². The molecule has 0 amide bonds. The van der Waals surface area contributed by atoms with E-state index < -0.39 is 11.6 Å². The third kappa shape index (κ3) is 3.22. The molecule has 20 heavy (non-hydrogen) atoms. The minimum atomic E-state index is -0.804. The third-order valence-electron chi connectivity index (χ3n) is 3.29. The number of aryl methyl sites for hydroxylation is 1. The number of rotatable bonds is 6. The van der Waals surface area contributed by atoms with Gasteiger partial charge in [0.05, 0.1) is 6.20 Å². The molecule has 0 radical (unpaired) electrons. The Labute approximate surface area is 117 Å². The van der Waals surface area contributed by atoms with Crippen molar-refractivity contribution < 1.29 is 8.78 Å². The maximum absolute atomic E-state index is 13.8. The van der Waals surface area contributed by atoms with Gasteiger partial charge in [-0.1, -0.05) is 19.1 Å². The lowest BCUT2D eigenvalue weighted by molar-refractivity contribution is 0.481. The van der Waals surface area contributed by atoms with E-state index >= 15 is 0 Å². The van der Waals surface area contributed by atoms with Gasteiger partial charge in [0.15, 0.2) is 11.6 Å². The van der Waals surface area contributed by atoms with Crippen molar-refractivity contribution in [3.8, 4) is 0 Å². The van der Waals surface area contributed by atoms with Crippen molar-refractivity contribution in [2.24, 2.45) is 0 Å². The number of hydrogen-bond donors (Lipinski definition) is 1. The van der Waals surface area contributed by atoms with Crippen LogP contribution < -0.4 is 5.32 Å².